The predicted octanol–water partition coefficient (Wildman–Crippen LogP) is 3.76. The molecule has 1 saturated carbocycles. The highest BCUT2D eigenvalue weighted by atomic mass is 32.2. The van der Waals surface area contributed by atoms with Crippen LogP contribution >= 0.6 is 0 Å². The Morgan fingerprint density at radius 2 is 1.62 bits per heavy atom. The van der Waals surface area contributed by atoms with Crippen LogP contribution in [0.25, 0.3) is 11.0 Å². The number of amides is 1. The van der Waals surface area contributed by atoms with Gasteiger partial charge < -0.3 is 5.32 Å². The third kappa shape index (κ3) is 4.09. The van der Waals surface area contributed by atoms with Gasteiger partial charge >= 0.3 is 5.69 Å². The van der Waals surface area contributed by atoms with Gasteiger partial charge in [0, 0.05) is 20.5 Å². The van der Waals surface area contributed by atoms with E-state index in [2.05, 4.69) is 5.32 Å². The second-order valence-corrected chi connectivity index (χ2v) is 10.4. The summed E-state index contributed by atoms with van der Waals surface area (Å²) < 4.78 is 43.0. The van der Waals surface area contributed by atoms with Gasteiger partial charge in [-0.15, -0.1) is 0 Å². The van der Waals surface area contributed by atoms with Crippen molar-refractivity contribution in [1.82, 2.24) is 9.13 Å². The Morgan fingerprint density at radius 1 is 1.03 bits per heavy atom. The SMILES string of the molecule is Cn1c(=O)n(C)c2cc(S(=O)(=O)c3ccc(F)cc3)c(NC(=O)CC3CCCCC3)cc21. The van der Waals surface area contributed by atoms with Crippen LogP contribution in [0, 0.1) is 11.7 Å². The van der Waals surface area contributed by atoms with Gasteiger partial charge in [-0.1, -0.05) is 19.3 Å². The molecule has 3 aromatic rings. The van der Waals surface area contributed by atoms with E-state index in [1.54, 1.807) is 14.1 Å². The van der Waals surface area contributed by atoms with Crippen molar-refractivity contribution in [3.63, 3.8) is 0 Å². The molecular weight excluding hydrogens is 433 g/mol. The third-order valence-corrected chi connectivity index (χ3v) is 8.07. The average molecular weight is 460 g/mol. The average Bonchev–Trinajstić information content (AvgIpc) is 2.97. The molecule has 0 radical (unpaired) electrons. The maximum atomic E-state index is 13.4. The van der Waals surface area contributed by atoms with E-state index in [1.165, 1.54) is 39.8 Å². The smallest absolute Gasteiger partial charge is 0.325 e. The predicted molar refractivity (Wildman–Crippen MR) is 120 cm³/mol. The van der Waals surface area contributed by atoms with E-state index in [0.717, 1.165) is 37.8 Å². The summed E-state index contributed by atoms with van der Waals surface area (Å²) in [5.41, 5.74) is 0.728. The van der Waals surface area contributed by atoms with Crippen molar-refractivity contribution in [2.75, 3.05) is 5.32 Å². The van der Waals surface area contributed by atoms with E-state index in [0.29, 0.717) is 17.5 Å². The van der Waals surface area contributed by atoms with Gasteiger partial charge in [0.05, 0.1) is 26.5 Å². The van der Waals surface area contributed by atoms with Crippen LogP contribution < -0.4 is 11.0 Å². The maximum absolute atomic E-state index is 13.4. The van der Waals surface area contributed by atoms with Crippen molar-refractivity contribution in [3.05, 3.63) is 52.7 Å². The Bertz CT molecular complexity index is 1330. The van der Waals surface area contributed by atoms with Crippen LogP contribution in [0.1, 0.15) is 38.5 Å². The van der Waals surface area contributed by atoms with Gasteiger partial charge in [-0.3, -0.25) is 13.9 Å². The number of nitrogens with zero attached hydrogens (tertiary/aromatic N) is 2. The molecule has 32 heavy (non-hydrogen) atoms. The molecule has 0 atom stereocenters. The summed E-state index contributed by atoms with van der Waals surface area (Å²) in [5, 5.41) is 2.78. The van der Waals surface area contributed by atoms with Crippen molar-refractivity contribution in [2.24, 2.45) is 20.0 Å². The van der Waals surface area contributed by atoms with Crippen molar-refractivity contribution in [2.45, 2.75) is 48.3 Å². The Balaban J connectivity index is 1.80. The standard InChI is InChI=1S/C23H26FN3O4S/c1-26-19-13-18(25-22(28)12-15-6-4-3-5-7-15)21(14-20(19)27(2)23(26)29)32(30,31)17-10-8-16(24)9-11-17/h8-11,13-15H,3-7,12H2,1-2H3,(H,25,28). The first kappa shape index (κ1) is 22.3. The first-order chi connectivity index (χ1) is 15.2. The lowest BCUT2D eigenvalue weighted by Crippen LogP contribution is -2.20. The summed E-state index contributed by atoms with van der Waals surface area (Å²) in [4.78, 5) is 25.0. The highest BCUT2D eigenvalue weighted by Crippen LogP contribution is 2.33. The Hall–Kier alpha value is -2.94. The molecule has 1 aliphatic carbocycles. The van der Waals surface area contributed by atoms with Crippen molar-refractivity contribution >= 4 is 32.5 Å². The number of carbonyl (C=O) groups excluding carboxylic acids is 1. The molecule has 1 aliphatic rings. The number of nitrogens with one attached hydrogen (secondary N) is 1. The van der Waals surface area contributed by atoms with Crippen LogP contribution in [0.2, 0.25) is 0 Å². The molecule has 0 spiro atoms. The molecule has 4 rings (SSSR count). The molecule has 2 aromatic carbocycles. The highest BCUT2D eigenvalue weighted by molar-refractivity contribution is 7.91. The second kappa shape index (κ2) is 8.54. The number of imidazole rings is 1. The lowest BCUT2D eigenvalue weighted by atomic mass is 9.87. The number of aromatic nitrogens is 2. The fourth-order valence-corrected chi connectivity index (χ4v) is 5.86. The van der Waals surface area contributed by atoms with Gasteiger partial charge in [-0.25, -0.2) is 17.6 Å². The lowest BCUT2D eigenvalue weighted by Gasteiger charge is -2.21. The summed E-state index contributed by atoms with van der Waals surface area (Å²) in [7, 11) is -0.937. The molecule has 0 aliphatic heterocycles. The van der Waals surface area contributed by atoms with Crippen molar-refractivity contribution < 1.29 is 17.6 Å². The molecule has 1 amide bonds. The number of benzene rings is 2. The minimum atomic E-state index is -4.08. The number of halogens is 1. The number of hydrogen-bond acceptors (Lipinski definition) is 4. The van der Waals surface area contributed by atoms with Crippen molar-refractivity contribution in [3.8, 4) is 0 Å². The highest BCUT2D eigenvalue weighted by Gasteiger charge is 2.26. The van der Waals surface area contributed by atoms with Crippen LogP contribution in [0.15, 0.2) is 51.0 Å². The molecule has 9 heteroatoms. The third-order valence-electron chi connectivity index (χ3n) is 6.26. The Kier molecular flexibility index (Phi) is 5.94. The number of aryl methyl sites for hydroxylation is 2. The van der Waals surface area contributed by atoms with Gasteiger partial charge in [-0.05, 0) is 55.2 Å². The first-order valence-electron chi connectivity index (χ1n) is 10.7. The van der Waals surface area contributed by atoms with Crippen LogP contribution in [0.4, 0.5) is 10.1 Å². The molecule has 1 N–H and O–H groups in total. The Labute approximate surface area is 185 Å². The summed E-state index contributed by atoms with van der Waals surface area (Å²) in [6, 6.07) is 7.44. The number of rotatable bonds is 5. The van der Waals surface area contributed by atoms with E-state index in [-0.39, 0.29) is 33.0 Å². The van der Waals surface area contributed by atoms with Gasteiger partial charge in [0.25, 0.3) is 0 Å². The number of fused-ring (bicyclic) bond motifs is 1. The number of sulfone groups is 1. The minimum absolute atomic E-state index is 0.0954. The van der Waals surface area contributed by atoms with Crippen LogP contribution in [-0.4, -0.2) is 23.5 Å². The first-order valence-corrected chi connectivity index (χ1v) is 12.2. The summed E-state index contributed by atoms with van der Waals surface area (Å²) in [6.45, 7) is 0. The van der Waals surface area contributed by atoms with Crippen molar-refractivity contribution in [1.29, 1.82) is 0 Å². The second-order valence-electron chi connectivity index (χ2n) is 8.45. The van der Waals surface area contributed by atoms with E-state index in [9.17, 15) is 22.4 Å². The monoisotopic (exact) mass is 459 g/mol. The minimum Gasteiger partial charge on any atom is -0.325 e. The topological polar surface area (TPSA) is 90.2 Å². The molecular formula is C23H26FN3O4S. The zero-order valence-electron chi connectivity index (χ0n) is 18.1. The maximum Gasteiger partial charge on any atom is 0.328 e. The Morgan fingerprint density at radius 3 is 2.25 bits per heavy atom. The molecule has 7 nitrogen and oxygen atoms in total. The normalized spacial score (nSPS) is 15.2. The van der Waals surface area contributed by atoms with E-state index >= 15 is 0 Å². The van der Waals surface area contributed by atoms with E-state index in [1.807, 2.05) is 0 Å². The van der Waals surface area contributed by atoms with Crippen LogP contribution in [-0.2, 0) is 28.7 Å². The quantitative estimate of drug-likeness (QED) is 0.589. The zero-order chi connectivity index (χ0) is 23.0. The van der Waals surface area contributed by atoms with Gasteiger partial charge in [-0.2, -0.15) is 0 Å². The fourth-order valence-electron chi connectivity index (χ4n) is 4.44. The molecule has 1 aromatic heterocycles. The summed E-state index contributed by atoms with van der Waals surface area (Å²) >= 11 is 0. The molecule has 0 unspecified atom stereocenters. The van der Waals surface area contributed by atoms with Gasteiger partial charge in [0.1, 0.15) is 5.82 Å². The summed E-state index contributed by atoms with van der Waals surface area (Å²) in [5.74, 6) is -0.524. The van der Waals surface area contributed by atoms with Crippen LogP contribution in [0.5, 0.6) is 0 Å². The lowest BCUT2D eigenvalue weighted by molar-refractivity contribution is -0.117. The zero-order valence-corrected chi connectivity index (χ0v) is 18.9. The molecule has 1 fully saturated rings. The van der Waals surface area contributed by atoms with Gasteiger partial charge in [0.2, 0.25) is 15.7 Å². The molecule has 1 heterocycles. The van der Waals surface area contributed by atoms with Gasteiger partial charge in [0.15, 0.2) is 0 Å². The number of carbonyl (C=O) groups is 1. The van der Waals surface area contributed by atoms with Crippen LogP contribution in [0.3, 0.4) is 0 Å². The van der Waals surface area contributed by atoms with E-state index < -0.39 is 15.7 Å². The van der Waals surface area contributed by atoms with E-state index in [4.69, 9.17) is 0 Å². The summed E-state index contributed by atoms with van der Waals surface area (Å²) in [6.07, 6.45) is 5.67. The number of anilines is 1. The fraction of sp³-hybridized carbons (Fsp3) is 0.391. The molecule has 0 saturated heterocycles. The number of hydrogen-bond donors (Lipinski definition) is 1. The molecule has 0 bridgehead atoms. The largest absolute Gasteiger partial charge is 0.328 e. The molecule has 170 valence electrons.